The Labute approximate surface area is 96.3 Å². The summed E-state index contributed by atoms with van der Waals surface area (Å²) < 4.78 is 17.5. The molecule has 0 aromatic heterocycles. The molecule has 0 aliphatic carbocycles. The van der Waals surface area contributed by atoms with Crippen molar-refractivity contribution in [3.8, 4) is 5.75 Å². The SMILES string of the molecule is C=C(C)c1ccc(OC)c(CF)c1.CC.F. The molecular weight excluding hydrogens is 210 g/mol. The number of hydrogen-bond donors (Lipinski definition) is 0. The maximum Gasteiger partial charge on any atom is 0.124 e. The van der Waals surface area contributed by atoms with Gasteiger partial charge in [0.05, 0.1) is 7.11 Å². The molecule has 0 heterocycles. The summed E-state index contributed by atoms with van der Waals surface area (Å²) in [6.45, 7) is 9.18. The monoisotopic (exact) mass is 230 g/mol. The summed E-state index contributed by atoms with van der Waals surface area (Å²) in [4.78, 5) is 0. The summed E-state index contributed by atoms with van der Waals surface area (Å²) in [5.74, 6) is 0.590. The Hall–Kier alpha value is -1.38. The second kappa shape index (κ2) is 8.89. The van der Waals surface area contributed by atoms with Crippen LogP contribution in [0.1, 0.15) is 31.9 Å². The smallest absolute Gasteiger partial charge is 0.124 e. The lowest BCUT2D eigenvalue weighted by molar-refractivity contribution is 0.394. The van der Waals surface area contributed by atoms with Crippen molar-refractivity contribution >= 4 is 5.57 Å². The van der Waals surface area contributed by atoms with Gasteiger partial charge in [0, 0.05) is 5.56 Å². The third-order valence-electron chi connectivity index (χ3n) is 1.92. The van der Waals surface area contributed by atoms with Crippen LogP contribution in [-0.4, -0.2) is 7.11 Å². The van der Waals surface area contributed by atoms with Gasteiger partial charge in [0.2, 0.25) is 0 Å². The first-order chi connectivity index (χ1) is 7.19. The quantitative estimate of drug-likeness (QED) is 0.749. The van der Waals surface area contributed by atoms with Crippen molar-refractivity contribution in [2.45, 2.75) is 27.4 Å². The van der Waals surface area contributed by atoms with E-state index in [0.717, 1.165) is 11.1 Å². The van der Waals surface area contributed by atoms with E-state index in [1.165, 1.54) is 7.11 Å². The number of alkyl halides is 1. The second-order valence-electron chi connectivity index (χ2n) is 2.94. The first-order valence-corrected chi connectivity index (χ1v) is 5.07. The minimum absolute atomic E-state index is 0. The van der Waals surface area contributed by atoms with E-state index in [1.54, 1.807) is 12.1 Å². The van der Waals surface area contributed by atoms with Crippen LogP contribution in [0.3, 0.4) is 0 Å². The van der Waals surface area contributed by atoms with Crippen molar-refractivity contribution in [1.82, 2.24) is 0 Å². The fourth-order valence-corrected chi connectivity index (χ4v) is 1.15. The van der Waals surface area contributed by atoms with Gasteiger partial charge in [0.15, 0.2) is 0 Å². The summed E-state index contributed by atoms with van der Waals surface area (Å²) in [6.07, 6.45) is 0. The molecule has 16 heavy (non-hydrogen) atoms. The van der Waals surface area contributed by atoms with E-state index in [4.69, 9.17) is 4.74 Å². The van der Waals surface area contributed by atoms with Gasteiger partial charge in [-0.3, -0.25) is 4.70 Å². The molecule has 0 N–H and O–H groups in total. The van der Waals surface area contributed by atoms with E-state index < -0.39 is 6.67 Å². The van der Waals surface area contributed by atoms with Crippen LogP contribution in [0.2, 0.25) is 0 Å². The molecule has 0 saturated carbocycles. The van der Waals surface area contributed by atoms with Crippen LogP contribution < -0.4 is 4.74 Å². The van der Waals surface area contributed by atoms with E-state index in [2.05, 4.69) is 6.58 Å². The Kier molecular flexibility index (Phi) is 9.46. The van der Waals surface area contributed by atoms with Crippen LogP contribution in [-0.2, 0) is 6.67 Å². The van der Waals surface area contributed by atoms with E-state index >= 15 is 0 Å². The summed E-state index contributed by atoms with van der Waals surface area (Å²) in [5.41, 5.74) is 2.45. The van der Waals surface area contributed by atoms with E-state index in [9.17, 15) is 4.39 Å². The zero-order valence-corrected chi connectivity index (χ0v) is 10.3. The molecular formula is C13H20F2O. The third kappa shape index (κ3) is 4.43. The molecule has 1 nitrogen and oxygen atoms in total. The van der Waals surface area contributed by atoms with Crippen LogP contribution >= 0.6 is 0 Å². The zero-order valence-electron chi connectivity index (χ0n) is 10.3. The maximum absolute atomic E-state index is 12.5. The van der Waals surface area contributed by atoms with Crippen LogP contribution in [0.4, 0.5) is 9.09 Å². The molecule has 0 unspecified atom stereocenters. The summed E-state index contributed by atoms with van der Waals surface area (Å²) in [7, 11) is 1.54. The lowest BCUT2D eigenvalue weighted by Gasteiger charge is -2.07. The van der Waals surface area contributed by atoms with E-state index in [0.29, 0.717) is 11.3 Å². The fourth-order valence-electron chi connectivity index (χ4n) is 1.15. The lowest BCUT2D eigenvalue weighted by Crippen LogP contribution is -1.91. The third-order valence-corrected chi connectivity index (χ3v) is 1.92. The van der Waals surface area contributed by atoms with Crippen LogP contribution in [0.5, 0.6) is 5.75 Å². The second-order valence-corrected chi connectivity index (χ2v) is 2.94. The molecule has 0 atom stereocenters. The van der Waals surface area contributed by atoms with Crippen molar-refractivity contribution in [2.24, 2.45) is 0 Å². The van der Waals surface area contributed by atoms with Crippen molar-refractivity contribution in [1.29, 1.82) is 0 Å². The van der Waals surface area contributed by atoms with Crippen LogP contribution in [0.15, 0.2) is 24.8 Å². The van der Waals surface area contributed by atoms with E-state index in [-0.39, 0.29) is 4.70 Å². The average Bonchev–Trinajstić information content (AvgIpc) is 2.30. The van der Waals surface area contributed by atoms with Gasteiger partial charge in [0.1, 0.15) is 12.4 Å². The first kappa shape index (κ1) is 17.0. The van der Waals surface area contributed by atoms with Crippen molar-refractivity contribution in [3.63, 3.8) is 0 Å². The molecule has 0 amide bonds. The summed E-state index contributed by atoms with van der Waals surface area (Å²) >= 11 is 0. The number of hydrogen-bond acceptors (Lipinski definition) is 1. The zero-order chi connectivity index (χ0) is 11.8. The van der Waals surface area contributed by atoms with Crippen molar-refractivity contribution in [3.05, 3.63) is 35.9 Å². The standard InChI is InChI=1S/C11H13FO.C2H6.FH/c1-8(2)9-4-5-11(13-3)10(6-9)7-12;1-2;/h4-6H,1,7H2,2-3H3;1-2H3;1H. The number of benzene rings is 1. The predicted molar refractivity (Wildman–Crippen MR) is 66.4 cm³/mol. The molecule has 3 heteroatoms. The van der Waals surface area contributed by atoms with Crippen LogP contribution in [0.25, 0.3) is 5.57 Å². The van der Waals surface area contributed by atoms with Crippen LogP contribution in [0, 0.1) is 0 Å². The van der Waals surface area contributed by atoms with Gasteiger partial charge in [-0.1, -0.05) is 32.1 Å². The molecule has 0 fully saturated rings. The Morgan fingerprint density at radius 2 is 1.94 bits per heavy atom. The molecule has 92 valence electrons. The summed E-state index contributed by atoms with van der Waals surface area (Å²) in [5, 5.41) is 0. The van der Waals surface area contributed by atoms with Gasteiger partial charge in [-0.15, -0.1) is 0 Å². The Morgan fingerprint density at radius 1 is 1.38 bits per heavy atom. The van der Waals surface area contributed by atoms with Crippen molar-refractivity contribution < 1.29 is 13.8 Å². The average molecular weight is 230 g/mol. The Morgan fingerprint density at radius 3 is 2.31 bits per heavy atom. The predicted octanol–water partition coefficient (Wildman–Crippen LogP) is 4.38. The molecule has 1 aromatic rings. The maximum atomic E-state index is 12.5. The highest BCUT2D eigenvalue weighted by Gasteiger charge is 2.03. The van der Waals surface area contributed by atoms with Gasteiger partial charge in [-0.25, -0.2) is 4.39 Å². The molecule has 0 bridgehead atoms. The highest BCUT2D eigenvalue weighted by Crippen LogP contribution is 2.23. The number of allylic oxidation sites excluding steroid dienone is 1. The van der Waals surface area contributed by atoms with Gasteiger partial charge in [-0.05, 0) is 24.6 Å². The van der Waals surface area contributed by atoms with Gasteiger partial charge in [-0.2, -0.15) is 0 Å². The molecule has 0 aliphatic rings. The number of rotatable bonds is 3. The minimum atomic E-state index is -0.510. The van der Waals surface area contributed by atoms with E-state index in [1.807, 2.05) is 26.8 Å². The fraction of sp³-hybridized carbons (Fsp3) is 0.385. The highest BCUT2D eigenvalue weighted by atomic mass is 19.1. The summed E-state index contributed by atoms with van der Waals surface area (Å²) in [6, 6.07) is 5.40. The number of ether oxygens (including phenoxy) is 1. The number of methoxy groups -OCH3 is 1. The highest BCUT2D eigenvalue weighted by molar-refractivity contribution is 5.63. The van der Waals surface area contributed by atoms with Gasteiger partial charge < -0.3 is 4.74 Å². The molecule has 0 aliphatic heterocycles. The van der Waals surface area contributed by atoms with Gasteiger partial charge in [0.25, 0.3) is 0 Å². The molecule has 1 rings (SSSR count). The molecule has 0 radical (unpaired) electrons. The topological polar surface area (TPSA) is 9.23 Å². The molecule has 1 aromatic carbocycles. The largest absolute Gasteiger partial charge is 0.496 e. The normalized spacial score (nSPS) is 8.31. The molecule has 0 saturated heterocycles. The molecule has 0 spiro atoms. The van der Waals surface area contributed by atoms with Gasteiger partial charge >= 0.3 is 0 Å². The Balaban J connectivity index is 0. The van der Waals surface area contributed by atoms with Crippen molar-refractivity contribution in [2.75, 3.05) is 7.11 Å². The first-order valence-electron chi connectivity index (χ1n) is 5.07. The lowest BCUT2D eigenvalue weighted by atomic mass is 10.1. The minimum Gasteiger partial charge on any atom is -0.496 e. The number of halogens is 2. The Bertz CT molecular complexity index is 322.